The van der Waals surface area contributed by atoms with Crippen molar-refractivity contribution in [3.05, 3.63) is 63.4 Å². The van der Waals surface area contributed by atoms with Crippen LogP contribution < -0.4 is 0 Å². The number of nitrogens with zero attached hydrogens (tertiary/aromatic N) is 2. The molecule has 1 atom stereocenters. The number of carbonyl (C=O) groups excluding carboxylic acids is 1. The van der Waals surface area contributed by atoms with E-state index in [2.05, 4.69) is 20.9 Å². The molecule has 1 aromatic carbocycles. The molecule has 0 saturated heterocycles. The molecule has 0 amide bonds. The number of aliphatic hydroxyl groups excluding tert-OH is 1. The van der Waals surface area contributed by atoms with Gasteiger partial charge >= 0.3 is 0 Å². The van der Waals surface area contributed by atoms with Crippen LogP contribution in [0.4, 0.5) is 0 Å². The van der Waals surface area contributed by atoms with Gasteiger partial charge in [0.2, 0.25) is 0 Å². The Hall–Kier alpha value is -2.03. The molecule has 0 saturated carbocycles. The zero-order valence-electron chi connectivity index (χ0n) is 10.5. The van der Waals surface area contributed by atoms with Gasteiger partial charge in [-0.3, -0.25) is 0 Å². The molecule has 0 radical (unpaired) electrons. The summed E-state index contributed by atoms with van der Waals surface area (Å²) < 4.78 is 0.625. The van der Waals surface area contributed by atoms with E-state index in [0.717, 1.165) is 6.29 Å². The van der Waals surface area contributed by atoms with E-state index in [4.69, 9.17) is 5.26 Å². The number of pyridine rings is 1. The SMILES string of the molecule is N#Cc1ccc(C(O)c2cccc(Br)n2)c(CC=O)c1. The van der Waals surface area contributed by atoms with Crippen LogP contribution in [0, 0.1) is 11.3 Å². The first kappa shape index (κ1) is 14.4. The van der Waals surface area contributed by atoms with Crippen molar-refractivity contribution in [3.63, 3.8) is 0 Å². The maximum atomic E-state index is 10.8. The molecule has 100 valence electrons. The van der Waals surface area contributed by atoms with Gasteiger partial charge in [-0.1, -0.05) is 12.1 Å². The number of hydrogen-bond acceptors (Lipinski definition) is 4. The van der Waals surface area contributed by atoms with E-state index < -0.39 is 6.10 Å². The lowest BCUT2D eigenvalue weighted by Gasteiger charge is -2.14. The molecule has 0 bridgehead atoms. The third kappa shape index (κ3) is 3.10. The van der Waals surface area contributed by atoms with Crippen molar-refractivity contribution in [2.75, 3.05) is 0 Å². The minimum Gasteiger partial charge on any atom is -0.382 e. The Bertz CT molecular complexity index is 680. The fourth-order valence-corrected chi connectivity index (χ4v) is 2.30. The van der Waals surface area contributed by atoms with Crippen molar-refractivity contribution < 1.29 is 9.90 Å². The van der Waals surface area contributed by atoms with Gasteiger partial charge in [-0.2, -0.15) is 5.26 Å². The summed E-state index contributed by atoms with van der Waals surface area (Å²) in [6, 6.07) is 12.2. The van der Waals surface area contributed by atoms with E-state index in [0.29, 0.717) is 27.0 Å². The van der Waals surface area contributed by atoms with Crippen LogP contribution in [0.3, 0.4) is 0 Å². The molecule has 1 aromatic heterocycles. The Labute approximate surface area is 124 Å². The Balaban J connectivity index is 2.46. The lowest BCUT2D eigenvalue weighted by Crippen LogP contribution is -2.07. The second-order valence-corrected chi connectivity index (χ2v) is 5.00. The van der Waals surface area contributed by atoms with Gasteiger partial charge in [-0.05, 0) is 51.3 Å². The van der Waals surface area contributed by atoms with E-state index in [9.17, 15) is 9.90 Å². The second-order valence-electron chi connectivity index (χ2n) is 4.18. The number of carbonyl (C=O) groups is 1. The van der Waals surface area contributed by atoms with Crippen molar-refractivity contribution in [2.45, 2.75) is 12.5 Å². The molecule has 2 aromatic rings. The van der Waals surface area contributed by atoms with Crippen LogP contribution in [-0.2, 0) is 11.2 Å². The number of halogens is 1. The topological polar surface area (TPSA) is 74.0 Å². The predicted molar refractivity (Wildman–Crippen MR) is 76.9 cm³/mol. The van der Waals surface area contributed by atoms with Crippen molar-refractivity contribution in [3.8, 4) is 6.07 Å². The van der Waals surface area contributed by atoms with Crippen LogP contribution in [0.1, 0.15) is 28.5 Å². The Kier molecular flexibility index (Phi) is 4.61. The zero-order valence-corrected chi connectivity index (χ0v) is 12.0. The molecule has 5 heteroatoms. The highest BCUT2D eigenvalue weighted by Crippen LogP contribution is 2.25. The second kappa shape index (κ2) is 6.42. The Morgan fingerprint density at radius 3 is 2.85 bits per heavy atom. The summed E-state index contributed by atoms with van der Waals surface area (Å²) in [5.41, 5.74) is 2.16. The molecular weight excluding hydrogens is 320 g/mol. The van der Waals surface area contributed by atoms with Crippen LogP contribution in [-0.4, -0.2) is 16.4 Å². The van der Waals surface area contributed by atoms with Gasteiger partial charge in [-0.15, -0.1) is 0 Å². The van der Waals surface area contributed by atoms with Gasteiger partial charge in [0.15, 0.2) is 0 Å². The highest BCUT2D eigenvalue weighted by molar-refractivity contribution is 9.10. The van der Waals surface area contributed by atoms with E-state index in [1.54, 1.807) is 36.4 Å². The number of benzene rings is 1. The van der Waals surface area contributed by atoms with Gasteiger partial charge in [0, 0.05) is 6.42 Å². The average molecular weight is 331 g/mol. The third-order valence-electron chi connectivity index (χ3n) is 2.89. The van der Waals surface area contributed by atoms with Crippen LogP contribution in [0.2, 0.25) is 0 Å². The molecular formula is C15H11BrN2O2. The summed E-state index contributed by atoms with van der Waals surface area (Å²) in [5, 5.41) is 19.3. The number of aromatic nitrogens is 1. The first-order valence-corrected chi connectivity index (χ1v) is 6.72. The highest BCUT2D eigenvalue weighted by atomic mass is 79.9. The van der Waals surface area contributed by atoms with Gasteiger partial charge in [-0.25, -0.2) is 4.98 Å². The standard InChI is InChI=1S/C15H11BrN2O2/c16-14-3-1-2-13(18-14)15(20)12-5-4-10(9-17)8-11(12)6-7-19/h1-5,7-8,15,20H,6H2. The normalized spacial score (nSPS) is 11.7. The van der Waals surface area contributed by atoms with Crippen molar-refractivity contribution >= 4 is 22.2 Å². The molecule has 0 fully saturated rings. The van der Waals surface area contributed by atoms with E-state index >= 15 is 0 Å². The number of hydrogen-bond donors (Lipinski definition) is 1. The summed E-state index contributed by atoms with van der Waals surface area (Å²) in [6.45, 7) is 0. The highest BCUT2D eigenvalue weighted by Gasteiger charge is 2.16. The van der Waals surface area contributed by atoms with Gasteiger partial charge < -0.3 is 9.90 Å². The van der Waals surface area contributed by atoms with Crippen LogP contribution in [0.15, 0.2) is 41.0 Å². The number of aliphatic hydroxyl groups is 1. The average Bonchev–Trinajstić information content (AvgIpc) is 2.47. The summed E-state index contributed by atoms with van der Waals surface area (Å²) in [6.07, 6.45) is -0.0352. The summed E-state index contributed by atoms with van der Waals surface area (Å²) >= 11 is 3.25. The smallest absolute Gasteiger partial charge is 0.124 e. The van der Waals surface area contributed by atoms with E-state index in [-0.39, 0.29) is 6.42 Å². The Morgan fingerprint density at radius 2 is 2.20 bits per heavy atom. The molecule has 2 rings (SSSR count). The Morgan fingerprint density at radius 1 is 1.40 bits per heavy atom. The number of rotatable bonds is 4. The van der Waals surface area contributed by atoms with Gasteiger partial charge in [0.25, 0.3) is 0 Å². The summed E-state index contributed by atoms with van der Waals surface area (Å²) in [5.74, 6) is 0. The summed E-state index contributed by atoms with van der Waals surface area (Å²) in [4.78, 5) is 15.0. The lowest BCUT2D eigenvalue weighted by molar-refractivity contribution is -0.107. The van der Waals surface area contributed by atoms with Crippen molar-refractivity contribution in [1.82, 2.24) is 4.98 Å². The predicted octanol–water partition coefficient (Wildman–Crippen LogP) is 2.54. The first-order valence-electron chi connectivity index (χ1n) is 5.92. The molecule has 0 aliphatic heterocycles. The van der Waals surface area contributed by atoms with Crippen LogP contribution in [0.5, 0.6) is 0 Å². The monoisotopic (exact) mass is 330 g/mol. The molecule has 20 heavy (non-hydrogen) atoms. The molecule has 4 nitrogen and oxygen atoms in total. The molecule has 0 aliphatic carbocycles. The maximum absolute atomic E-state index is 10.8. The first-order chi connectivity index (χ1) is 9.65. The van der Waals surface area contributed by atoms with Crippen LogP contribution >= 0.6 is 15.9 Å². The molecule has 0 spiro atoms. The minimum absolute atomic E-state index is 0.149. The van der Waals surface area contributed by atoms with Crippen molar-refractivity contribution in [2.24, 2.45) is 0 Å². The van der Waals surface area contributed by atoms with Gasteiger partial charge in [0.1, 0.15) is 17.0 Å². The zero-order chi connectivity index (χ0) is 14.5. The minimum atomic E-state index is -0.935. The third-order valence-corrected chi connectivity index (χ3v) is 3.33. The van der Waals surface area contributed by atoms with E-state index in [1.807, 2.05) is 6.07 Å². The fourth-order valence-electron chi connectivity index (χ4n) is 1.94. The number of nitriles is 1. The van der Waals surface area contributed by atoms with E-state index in [1.165, 1.54) is 0 Å². The molecule has 0 aliphatic rings. The number of aldehydes is 1. The fraction of sp³-hybridized carbons (Fsp3) is 0.133. The maximum Gasteiger partial charge on any atom is 0.124 e. The molecule has 1 unspecified atom stereocenters. The lowest BCUT2D eigenvalue weighted by atomic mass is 9.96. The molecule has 1 N–H and O–H groups in total. The van der Waals surface area contributed by atoms with Gasteiger partial charge in [0.05, 0.1) is 17.3 Å². The van der Waals surface area contributed by atoms with Crippen molar-refractivity contribution in [1.29, 1.82) is 5.26 Å². The quantitative estimate of drug-likeness (QED) is 0.690. The van der Waals surface area contributed by atoms with Crippen LogP contribution in [0.25, 0.3) is 0 Å². The molecule has 1 heterocycles. The largest absolute Gasteiger partial charge is 0.382 e. The summed E-state index contributed by atoms with van der Waals surface area (Å²) in [7, 11) is 0.